The zero-order valence-corrected chi connectivity index (χ0v) is 14.3. The first-order valence-electron chi connectivity index (χ1n) is 8.28. The highest BCUT2D eigenvalue weighted by Gasteiger charge is 2.37. The maximum absolute atomic E-state index is 12.4. The van der Waals surface area contributed by atoms with E-state index in [1.807, 2.05) is 0 Å². The van der Waals surface area contributed by atoms with Crippen LogP contribution < -0.4 is 14.8 Å². The Bertz CT molecular complexity index is 1030. The Morgan fingerprint density at radius 2 is 1.75 bits per heavy atom. The van der Waals surface area contributed by atoms with E-state index in [2.05, 4.69) is 5.32 Å². The highest BCUT2D eigenvalue weighted by atomic mass is 16.6. The van der Waals surface area contributed by atoms with Gasteiger partial charge in [0.25, 0.3) is 17.5 Å². The van der Waals surface area contributed by atoms with E-state index < -0.39 is 29.2 Å². The van der Waals surface area contributed by atoms with E-state index >= 15 is 0 Å². The summed E-state index contributed by atoms with van der Waals surface area (Å²) in [7, 11) is 0. The molecule has 0 aromatic heterocycles. The molecular weight excluding hydrogens is 370 g/mol. The van der Waals surface area contributed by atoms with Gasteiger partial charge in [-0.15, -0.1) is 0 Å². The van der Waals surface area contributed by atoms with Crippen LogP contribution in [-0.4, -0.2) is 47.3 Å². The van der Waals surface area contributed by atoms with Gasteiger partial charge in [0.15, 0.2) is 11.5 Å². The number of non-ortho nitro benzene ring substituents is 1. The van der Waals surface area contributed by atoms with Crippen LogP contribution in [0.5, 0.6) is 11.5 Å². The van der Waals surface area contributed by atoms with E-state index in [1.54, 1.807) is 18.2 Å². The van der Waals surface area contributed by atoms with Gasteiger partial charge in [-0.25, -0.2) is 0 Å². The third-order valence-electron chi connectivity index (χ3n) is 4.29. The Morgan fingerprint density at radius 1 is 1.04 bits per heavy atom. The van der Waals surface area contributed by atoms with Gasteiger partial charge in [0.1, 0.15) is 19.8 Å². The van der Waals surface area contributed by atoms with E-state index in [0.29, 0.717) is 30.4 Å². The number of amides is 3. The lowest BCUT2D eigenvalue weighted by atomic mass is 10.1. The van der Waals surface area contributed by atoms with Crippen molar-refractivity contribution < 1.29 is 28.8 Å². The number of nitro groups is 1. The molecule has 2 heterocycles. The molecule has 0 aliphatic carbocycles. The minimum atomic E-state index is -0.749. The Kier molecular flexibility index (Phi) is 4.15. The Hall–Kier alpha value is -3.95. The van der Waals surface area contributed by atoms with E-state index in [4.69, 9.17) is 9.47 Å². The number of imide groups is 1. The Balaban J connectivity index is 1.48. The predicted octanol–water partition coefficient (Wildman–Crippen LogP) is 1.60. The number of nitro benzene ring substituents is 1. The highest BCUT2D eigenvalue weighted by molar-refractivity contribution is 6.23. The number of hydrogen-bond donors (Lipinski definition) is 1. The van der Waals surface area contributed by atoms with Crippen LogP contribution in [0, 0.1) is 10.1 Å². The lowest BCUT2D eigenvalue weighted by Crippen LogP contribution is -2.37. The molecule has 10 nitrogen and oxygen atoms in total. The van der Waals surface area contributed by atoms with Crippen molar-refractivity contribution in [1.29, 1.82) is 0 Å². The summed E-state index contributed by atoms with van der Waals surface area (Å²) in [5.41, 5.74) is 0.0537. The number of rotatable bonds is 4. The van der Waals surface area contributed by atoms with Crippen molar-refractivity contribution in [2.45, 2.75) is 0 Å². The summed E-state index contributed by atoms with van der Waals surface area (Å²) in [5.74, 6) is -0.975. The second kappa shape index (κ2) is 6.65. The molecule has 0 saturated carbocycles. The first kappa shape index (κ1) is 17.5. The van der Waals surface area contributed by atoms with Crippen LogP contribution in [0.1, 0.15) is 20.7 Å². The average molecular weight is 383 g/mol. The SMILES string of the molecule is O=C(CN1C(=O)c2ccc([N+](=O)[O-])cc2C1=O)Nc1ccc2c(c1)OCCO2. The fraction of sp³-hybridized carbons (Fsp3) is 0.167. The summed E-state index contributed by atoms with van der Waals surface area (Å²) < 4.78 is 10.8. The molecule has 0 spiro atoms. The normalized spacial score (nSPS) is 14.6. The molecule has 1 N–H and O–H groups in total. The number of ether oxygens (including phenoxy) is 2. The topological polar surface area (TPSA) is 128 Å². The number of anilines is 1. The van der Waals surface area contributed by atoms with Crippen LogP contribution in [0.3, 0.4) is 0 Å². The molecular formula is C18H13N3O7. The highest BCUT2D eigenvalue weighted by Crippen LogP contribution is 2.32. The number of benzene rings is 2. The van der Waals surface area contributed by atoms with E-state index in [9.17, 15) is 24.5 Å². The number of nitrogens with zero attached hydrogens (tertiary/aromatic N) is 2. The maximum Gasteiger partial charge on any atom is 0.270 e. The van der Waals surface area contributed by atoms with Crippen LogP contribution in [0.2, 0.25) is 0 Å². The number of hydrogen-bond acceptors (Lipinski definition) is 7. The second-order valence-electron chi connectivity index (χ2n) is 6.09. The molecule has 10 heteroatoms. The molecule has 4 rings (SSSR count). The van der Waals surface area contributed by atoms with Crippen molar-refractivity contribution in [1.82, 2.24) is 4.90 Å². The first-order valence-corrected chi connectivity index (χ1v) is 8.28. The number of nitrogens with one attached hydrogen (secondary N) is 1. The van der Waals surface area contributed by atoms with E-state index in [-0.39, 0.29) is 16.8 Å². The van der Waals surface area contributed by atoms with Gasteiger partial charge in [-0.1, -0.05) is 0 Å². The van der Waals surface area contributed by atoms with E-state index in [0.717, 1.165) is 17.0 Å². The van der Waals surface area contributed by atoms with Crippen LogP contribution in [-0.2, 0) is 4.79 Å². The van der Waals surface area contributed by atoms with Crippen molar-refractivity contribution >= 4 is 29.1 Å². The van der Waals surface area contributed by atoms with Gasteiger partial charge >= 0.3 is 0 Å². The van der Waals surface area contributed by atoms with Gasteiger partial charge < -0.3 is 14.8 Å². The molecule has 0 unspecified atom stereocenters. The van der Waals surface area contributed by atoms with Crippen molar-refractivity contribution in [3.8, 4) is 11.5 Å². The summed E-state index contributed by atoms with van der Waals surface area (Å²) >= 11 is 0. The van der Waals surface area contributed by atoms with Gasteiger partial charge in [0, 0.05) is 23.9 Å². The lowest BCUT2D eigenvalue weighted by molar-refractivity contribution is -0.384. The fourth-order valence-corrected chi connectivity index (χ4v) is 3.00. The van der Waals surface area contributed by atoms with Crippen molar-refractivity contribution in [3.63, 3.8) is 0 Å². The minimum absolute atomic E-state index is 0.0303. The van der Waals surface area contributed by atoms with Gasteiger partial charge in [-0.05, 0) is 18.2 Å². The smallest absolute Gasteiger partial charge is 0.270 e. The van der Waals surface area contributed by atoms with Gasteiger partial charge in [-0.3, -0.25) is 29.4 Å². The average Bonchev–Trinajstić information content (AvgIpc) is 2.92. The summed E-state index contributed by atoms with van der Waals surface area (Å²) in [6.07, 6.45) is 0. The molecule has 0 atom stereocenters. The molecule has 0 bridgehead atoms. The lowest BCUT2D eigenvalue weighted by Gasteiger charge is -2.19. The van der Waals surface area contributed by atoms with Crippen LogP contribution in [0.15, 0.2) is 36.4 Å². The van der Waals surface area contributed by atoms with Crippen molar-refractivity contribution in [2.24, 2.45) is 0 Å². The zero-order valence-electron chi connectivity index (χ0n) is 14.3. The van der Waals surface area contributed by atoms with Crippen molar-refractivity contribution in [2.75, 3.05) is 25.1 Å². The number of fused-ring (bicyclic) bond motifs is 2. The van der Waals surface area contributed by atoms with Gasteiger partial charge in [0.05, 0.1) is 16.1 Å². The van der Waals surface area contributed by atoms with Crippen LogP contribution in [0.4, 0.5) is 11.4 Å². The van der Waals surface area contributed by atoms with Crippen LogP contribution in [0.25, 0.3) is 0 Å². The zero-order chi connectivity index (χ0) is 19.8. The summed E-state index contributed by atoms with van der Waals surface area (Å²) in [6, 6.07) is 8.23. The minimum Gasteiger partial charge on any atom is -0.486 e. The fourth-order valence-electron chi connectivity index (χ4n) is 3.00. The predicted molar refractivity (Wildman–Crippen MR) is 94.5 cm³/mol. The standard InChI is InChI=1S/C18H13N3O7/c22-16(19-10-1-4-14-15(7-10)28-6-5-27-14)9-20-17(23)12-3-2-11(21(25)26)8-13(12)18(20)24/h1-4,7-8H,5-6,9H2,(H,19,22). The molecule has 28 heavy (non-hydrogen) atoms. The Labute approximate surface area is 157 Å². The second-order valence-corrected chi connectivity index (χ2v) is 6.09. The van der Waals surface area contributed by atoms with Crippen LogP contribution >= 0.6 is 0 Å². The molecule has 0 saturated heterocycles. The molecule has 0 radical (unpaired) electrons. The summed E-state index contributed by atoms with van der Waals surface area (Å²) in [6.45, 7) is 0.316. The number of carbonyl (C=O) groups is 3. The molecule has 2 aromatic carbocycles. The summed E-state index contributed by atoms with van der Waals surface area (Å²) in [4.78, 5) is 48.1. The molecule has 2 aromatic rings. The van der Waals surface area contributed by atoms with Crippen molar-refractivity contribution in [3.05, 3.63) is 57.6 Å². The van der Waals surface area contributed by atoms with Gasteiger partial charge in [-0.2, -0.15) is 0 Å². The molecule has 3 amide bonds. The third kappa shape index (κ3) is 3.00. The molecule has 142 valence electrons. The quantitative estimate of drug-likeness (QED) is 0.482. The van der Waals surface area contributed by atoms with Gasteiger partial charge in [0.2, 0.25) is 5.91 Å². The third-order valence-corrected chi connectivity index (χ3v) is 4.29. The molecule has 2 aliphatic heterocycles. The Morgan fingerprint density at radius 3 is 2.50 bits per heavy atom. The first-order chi connectivity index (χ1) is 13.4. The summed E-state index contributed by atoms with van der Waals surface area (Å²) in [5, 5.41) is 13.5. The molecule has 2 aliphatic rings. The number of carbonyl (C=O) groups excluding carboxylic acids is 3. The van der Waals surface area contributed by atoms with E-state index in [1.165, 1.54) is 6.07 Å². The maximum atomic E-state index is 12.4. The largest absolute Gasteiger partial charge is 0.486 e. The monoisotopic (exact) mass is 383 g/mol. The molecule has 0 fully saturated rings.